The number of aliphatic imine (C=N–C) groups is 1. The zero-order valence-electron chi connectivity index (χ0n) is 13.5. The Balaban J connectivity index is 1.45. The molecule has 0 atom stereocenters. The van der Waals surface area contributed by atoms with Crippen molar-refractivity contribution in [1.29, 1.82) is 0 Å². The van der Waals surface area contributed by atoms with Gasteiger partial charge in [-0.25, -0.2) is 15.3 Å². The number of hydroxylamine groups is 1. The van der Waals surface area contributed by atoms with Crippen LogP contribution in [0.4, 0.5) is 0 Å². The number of likely N-dealkylation sites (tertiary alicyclic amines) is 1. The zero-order chi connectivity index (χ0) is 16.6. The summed E-state index contributed by atoms with van der Waals surface area (Å²) < 4.78 is 0. The van der Waals surface area contributed by atoms with Crippen molar-refractivity contribution in [1.82, 2.24) is 10.4 Å². The average molecular weight is 341 g/mol. The summed E-state index contributed by atoms with van der Waals surface area (Å²) in [5.74, 6) is 0.876. The van der Waals surface area contributed by atoms with E-state index in [1.807, 2.05) is 34.5 Å². The van der Waals surface area contributed by atoms with Crippen LogP contribution in [0.25, 0.3) is 0 Å². The van der Waals surface area contributed by atoms with Crippen LogP contribution in [0.2, 0.25) is 0 Å². The number of nitrogens with zero attached hydrogens (tertiary/aromatic N) is 2. The Morgan fingerprint density at radius 3 is 2.67 bits per heavy atom. The molecule has 1 aromatic heterocycles. The fraction of sp³-hybridized carbons (Fsp3) is 0.333. The van der Waals surface area contributed by atoms with Crippen molar-refractivity contribution in [3.8, 4) is 0 Å². The van der Waals surface area contributed by atoms with Gasteiger partial charge >= 0.3 is 0 Å². The number of benzene rings is 1. The van der Waals surface area contributed by atoms with Gasteiger partial charge in [-0.15, -0.1) is 11.3 Å². The van der Waals surface area contributed by atoms with Crippen molar-refractivity contribution in [2.45, 2.75) is 25.5 Å². The van der Waals surface area contributed by atoms with Gasteiger partial charge in [0.15, 0.2) is 11.6 Å². The molecule has 1 N–H and O–H groups in total. The Hall–Kier alpha value is -2.18. The molecule has 24 heavy (non-hydrogen) atoms. The second-order valence-electron chi connectivity index (χ2n) is 6.25. The van der Waals surface area contributed by atoms with Crippen molar-refractivity contribution in [3.05, 3.63) is 57.8 Å². The Kier molecular flexibility index (Phi) is 3.86. The number of amides is 1. The number of hydrogen-bond donors (Lipinski definition) is 1. The van der Waals surface area contributed by atoms with E-state index in [9.17, 15) is 4.79 Å². The summed E-state index contributed by atoms with van der Waals surface area (Å²) in [5, 5.41) is 1.93. The van der Waals surface area contributed by atoms with Crippen LogP contribution in [0.15, 0.2) is 46.8 Å². The van der Waals surface area contributed by atoms with E-state index in [1.54, 1.807) is 0 Å². The summed E-state index contributed by atoms with van der Waals surface area (Å²) in [6, 6.07) is 12.0. The molecule has 0 saturated carbocycles. The minimum Gasteiger partial charge on any atom is -0.338 e. The molecule has 0 aliphatic carbocycles. The molecule has 124 valence electrons. The Labute approximate surface area is 144 Å². The van der Waals surface area contributed by atoms with Crippen LogP contribution in [-0.2, 0) is 4.84 Å². The van der Waals surface area contributed by atoms with Crippen molar-refractivity contribution in [3.63, 3.8) is 0 Å². The smallest absolute Gasteiger partial charge is 0.263 e. The van der Waals surface area contributed by atoms with Gasteiger partial charge in [0.1, 0.15) is 0 Å². The lowest BCUT2D eigenvalue weighted by Gasteiger charge is -2.35. The van der Waals surface area contributed by atoms with E-state index in [-0.39, 0.29) is 5.91 Å². The van der Waals surface area contributed by atoms with Crippen molar-refractivity contribution in [2.75, 3.05) is 13.1 Å². The van der Waals surface area contributed by atoms with Crippen molar-refractivity contribution >= 4 is 23.1 Å². The minimum atomic E-state index is -0.549. The van der Waals surface area contributed by atoms with Crippen molar-refractivity contribution < 1.29 is 9.63 Å². The molecular weight excluding hydrogens is 322 g/mol. The molecule has 1 aromatic carbocycles. The lowest BCUT2D eigenvalue weighted by atomic mass is 10.0. The van der Waals surface area contributed by atoms with Gasteiger partial charge in [-0.1, -0.05) is 35.9 Å². The lowest BCUT2D eigenvalue weighted by molar-refractivity contribution is -0.0849. The number of carbonyl (C=O) groups excluding carboxylic acids is 1. The van der Waals surface area contributed by atoms with E-state index in [0.717, 1.165) is 16.3 Å². The van der Waals surface area contributed by atoms with Gasteiger partial charge in [0, 0.05) is 31.5 Å². The highest BCUT2D eigenvalue weighted by atomic mass is 32.1. The summed E-state index contributed by atoms with van der Waals surface area (Å²) in [7, 11) is 0. The summed E-state index contributed by atoms with van der Waals surface area (Å²) in [5.41, 5.74) is 4.66. The van der Waals surface area contributed by atoms with Gasteiger partial charge in [-0.05, 0) is 18.4 Å². The number of nitrogens with one attached hydrogen (secondary N) is 1. The first kappa shape index (κ1) is 15.4. The van der Waals surface area contributed by atoms with Crippen LogP contribution < -0.4 is 5.48 Å². The highest BCUT2D eigenvalue weighted by Gasteiger charge is 2.41. The van der Waals surface area contributed by atoms with Crippen LogP contribution in [0, 0.1) is 6.92 Å². The lowest BCUT2D eigenvalue weighted by Crippen LogP contribution is -2.46. The topological polar surface area (TPSA) is 53.9 Å². The van der Waals surface area contributed by atoms with E-state index in [4.69, 9.17) is 9.83 Å². The number of rotatable bonds is 2. The number of hydrogen-bond acceptors (Lipinski definition) is 5. The SMILES string of the molecule is Cc1ccc(C2=NC3(CCN(C(=O)c4cccs4)CC3)ON2)cc1. The van der Waals surface area contributed by atoms with E-state index >= 15 is 0 Å². The van der Waals surface area contributed by atoms with Crippen LogP contribution in [0.1, 0.15) is 33.6 Å². The Morgan fingerprint density at radius 1 is 1.25 bits per heavy atom. The first-order chi connectivity index (χ1) is 11.7. The van der Waals surface area contributed by atoms with Crippen LogP contribution >= 0.6 is 11.3 Å². The number of aryl methyl sites for hydroxylation is 1. The van der Waals surface area contributed by atoms with Crippen LogP contribution in [0.5, 0.6) is 0 Å². The number of amidine groups is 1. The van der Waals surface area contributed by atoms with Gasteiger partial charge in [-0.2, -0.15) is 0 Å². The highest BCUT2D eigenvalue weighted by Crippen LogP contribution is 2.32. The predicted octanol–water partition coefficient (Wildman–Crippen LogP) is 2.97. The first-order valence-corrected chi connectivity index (χ1v) is 8.97. The quantitative estimate of drug-likeness (QED) is 0.914. The van der Waals surface area contributed by atoms with Gasteiger partial charge in [0.25, 0.3) is 5.91 Å². The third kappa shape index (κ3) is 2.83. The standard InChI is InChI=1S/C18H19N3O2S/c1-13-4-6-14(7-5-13)16-19-18(23-20-16)8-10-21(11-9-18)17(22)15-3-2-12-24-15/h2-7,12H,8-11H2,1H3,(H,19,20). The average Bonchev–Trinajstić information content (AvgIpc) is 3.26. The van der Waals surface area contributed by atoms with E-state index in [0.29, 0.717) is 25.9 Å². The molecule has 1 fully saturated rings. The normalized spacial score (nSPS) is 19.2. The largest absolute Gasteiger partial charge is 0.338 e. The maximum Gasteiger partial charge on any atom is 0.263 e. The summed E-state index contributed by atoms with van der Waals surface area (Å²) >= 11 is 1.48. The summed E-state index contributed by atoms with van der Waals surface area (Å²) in [6.45, 7) is 3.37. The second-order valence-corrected chi connectivity index (χ2v) is 7.19. The van der Waals surface area contributed by atoms with E-state index in [2.05, 4.69) is 24.5 Å². The molecule has 5 nitrogen and oxygen atoms in total. The fourth-order valence-corrected chi connectivity index (χ4v) is 3.75. The van der Waals surface area contributed by atoms with E-state index in [1.165, 1.54) is 16.9 Å². The molecule has 2 aromatic rings. The molecule has 1 saturated heterocycles. The third-order valence-corrected chi connectivity index (χ3v) is 5.40. The summed E-state index contributed by atoms with van der Waals surface area (Å²) in [6.07, 6.45) is 1.40. The highest BCUT2D eigenvalue weighted by molar-refractivity contribution is 7.12. The molecule has 1 spiro atoms. The second kappa shape index (κ2) is 6.03. The molecule has 0 unspecified atom stereocenters. The monoisotopic (exact) mass is 341 g/mol. The fourth-order valence-electron chi connectivity index (χ4n) is 3.06. The van der Waals surface area contributed by atoms with Crippen LogP contribution in [-0.4, -0.2) is 35.5 Å². The van der Waals surface area contributed by atoms with Crippen LogP contribution in [0.3, 0.4) is 0 Å². The van der Waals surface area contributed by atoms with Gasteiger partial charge in [-0.3, -0.25) is 4.79 Å². The van der Waals surface area contributed by atoms with Gasteiger partial charge in [0.05, 0.1) is 4.88 Å². The third-order valence-electron chi connectivity index (χ3n) is 4.54. The number of thiophene rings is 1. The predicted molar refractivity (Wildman–Crippen MR) is 94.1 cm³/mol. The first-order valence-electron chi connectivity index (χ1n) is 8.09. The zero-order valence-corrected chi connectivity index (χ0v) is 14.3. The molecule has 4 rings (SSSR count). The van der Waals surface area contributed by atoms with Gasteiger partial charge in [0.2, 0.25) is 0 Å². The molecule has 3 heterocycles. The number of piperidine rings is 1. The minimum absolute atomic E-state index is 0.105. The molecular formula is C18H19N3O2S. The van der Waals surface area contributed by atoms with Crippen molar-refractivity contribution in [2.24, 2.45) is 4.99 Å². The molecule has 0 radical (unpaired) electrons. The molecule has 2 aliphatic rings. The van der Waals surface area contributed by atoms with Gasteiger partial charge < -0.3 is 4.90 Å². The maximum atomic E-state index is 12.4. The molecule has 2 aliphatic heterocycles. The molecule has 6 heteroatoms. The Bertz CT molecular complexity index is 760. The summed E-state index contributed by atoms with van der Waals surface area (Å²) in [4.78, 5) is 25.7. The Morgan fingerprint density at radius 2 is 2.00 bits per heavy atom. The molecule has 0 bridgehead atoms. The maximum absolute atomic E-state index is 12.4. The molecule has 1 amide bonds. The number of carbonyl (C=O) groups is 1. The van der Waals surface area contributed by atoms with E-state index < -0.39 is 5.72 Å².